The van der Waals surface area contributed by atoms with Gasteiger partial charge in [0.25, 0.3) is 5.91 Å². The van der Waals surface area contributed by atoms with Crippen molar-refractivity contribution in [1.82, 2.24) is 10.2 Å². The number of hydrogen-bond acceptors (Lipinski definition) is 5. The van der Waals surface area contributed by atoms with Gasteiger partial charge in [0.2, 0.25) is 12.7 Å². The van der Waals surface area contributed by atoms with Crippen LogP contribution in [0.4, 0.5) is 0 Å². The van der Waals surface area contributed by atoms with Gasteiger partial charge in [0.15, 0.2) is 11.5 Å². The van der Waals surface area contributed by atoms with E-state index in [1.165, 1.54) is 0 Å². The molecule has 0 spiro atoms. The average molecular weight is 493 g/mol. The van der Waals surface area contributed by atoms with Crippen molar-refractivity contribution in [2.45, 2.75) is 12.5 Å². The highest BCUT2D eigenvalue weighted by molar-refractivity contribution is 6.30. The van der Waals surface area contributed by atoms with Crippen molar-refractivity contribution in [1.29, 1.82) is 0 Å². The monoisotopic (exact) mass is 492 g/mol. The number of nitrogens with zero attached hydrogens (tertiary/aromatic N) is 1. The maximum Gasteiger partial charge on any atom is 0.253 e. The van der Waals surface area contributed by atoms with Crippen molar-refractivity contribution in [2.75, 3.05) is 27.0 Å². The molecule has 3 aromatic carbocycles. The summed E-state index contributed by atoms with van der Waals surface area (Å²) in [5.41, 5.74) is 2.30. The second-order valence-electron chi connectivity index (χ2n) is 8.58. The van der Waals surface area contributed by atoms with E-state index in [0.717, 1.165) is 11.1 Å². The predicted molar refractivity (Wildman–Crippen MR) is 131 cm³/mol. The van der Waals surface area contributed by atoms with E-state index in [9.17, 15) is 9.59 Å². The largest absolute Gasteiger partial charge is 0.496 e. The van der Waals surface area contributed by atoms with Crippen molar-refractivity contribution in [3.8, 4) is 17.2 Å². The van der Waals surface area contributed by atoms with Crippen molar-refractivity contribution < 1.29 is 23.8 Å². The molecular weight excluding hydrogens is 468 g/mol. The van der Waals surface area contributed by atoms with E-state index in [-0.39, 0.29) is 24.5 Å². The minimum absolute atomic E-state index is 0.125. The zero-order valence-corrected chi connectivity index (χ0v) is 20.0. The van der Waals surface area contributed by atoms with Crippen LogP contribution >= 0.6 is 11.6 Å². The summed E-state index contributed by atoms with van der Waals surface area (Å²) >= 11 is 6.11. The van der Waals surface area contributed by atoms with E-state index in [0.29, 0.717) is 47.5 Å². The fourth-order valence-corrected chi connectivity index (χ4v) is 4.89. The van der Waals surface area contributed by atoms with E-state index < -0.39 is 5.92 Å². The van der Waals surface area contributed by atoms with Gasteiger partial charge < -0.3 is 24.4 Å². The summed E-state index contributed by atoms with van der Waals surface area (Å²) in [5.74, 6) is 1.13. The van der Waals surface area contributed by atoms with Crippen LogP contribution in [0.1, 0.15) is 27.4 Å². The van der Waals surface area contributed by atoms with Crippen LogP contribution in [0.2, 0.25) is 5.02 Å². The van der Waals surface area contributed by atoms with E-state index in [2.05, 4.69) is 5.32 Å². The first-order chi connectivity index (χ1) is 17.0. The molecule has 2 aliphatic rings. The van der Waals surface area contributed by atoms with Crippen LogP contribution in [0.25, 0.3) is 0 Å². The SMILES string of the molecule is COc1ccccc1[C@@H]1CN(C(=O)c2cccc(Cl)c2)C[C@H]1C(=O)NCc1ccc2c(c1)OCO2. The van der Waals surface area contributed by atoms with Crippen LogP contribution in [0.5, 0.6) is 17.2 Å². The van der Waals surface area contributed by atoms with E-state index in [1.54, 1.807) is 36.3 Å². The number of para-hydroxylation sites is 1. The highest BCUT2D eigenvalue weighted by atomic mass is 35.5. The number of carbonyl (C=O) groups excluding carboxylic acids is 2. The summed E-state index contributed by atoms with van der Waals surface area (Å²) in [7, 11) is 1.61. The Morgan fingerprint density at radius 2 is 1.86 bits per heavy atom. The third-order valence-corrected chi connectivity index (χ3v) is 6.69. The molecule has 2 aliphatic heterocycles. The lowest BCUT2D eigenvalue weighted by molar-refractivity contribution is -0.125. The van der Waals surface area contributed by atoms with Gasteiger partial charge in [-0.15, -0.1) is 0 Å². The number of nitrogens with one attached hydrogen (secondary N) is 1. The van der Waals surface area contributed by atoms with Gasteiger partial charge in [-0.3, -0.25) is 9.59 Å². The first-order valence-electron chi connectivity index (χ1n) is 11.4. The molecule has 0 aliphatic carbocycles. The van der Waals surface area contributed by atoms with Crippen LogP contribution in [0.3, 0.4) is 0 Å². The molecule has 7 nitrogen and oxygen atoms in total. The molecule has 2 heterocycles. The van der Waals surface area contributed by atoms with Crippen molar-refractivity contribution in [2.24, 2.45) is 5.92 Å². The third kappa shape index (κ3) is 4.77. The Kier molecular flexibility index (Phi) is 6.51. The number of ether oxygens (including phenoxy) is 3. The molecule has 0 saturated carbocycles. The normalized spacial score (nSPS) is 18.4. The summed E-state index contributed by atoms with van der Waals surface area (Å²) in [5, 5.41) is 3.54. The van der Waals surface area contributed by atoms with Gasteiger partial charge in [-0.2, -0.15) is 0 Å². The first-order valence-corrected chi connectivity index (χ1v) is 11.8. The Morgan fingerprint density at radius 1 is 1.03 bits per heavy atom. The number of carbonyl (C=O) groups is 2. The summed E-state index contributed by atoms with van der Waals surface area (Å²) in [4.78, 5) is 28.4. The molecule has 0 bridgehead atoms. The second kappa shape index (κ2) is 9.88. The first kappa shape index (κ1) is 23.1. The molecule has 1 fully saturated rings. The Hall–Kier alpha value is -3.71. The Morgan fingerprint density at radius 3 is 2.69 bits per heavy atom. The third-order valence-electron chi connectivity index (χ3n) is 6.46. The fraction of sp³-hybridized carbons (Fsp3) is 0.259. The van der Waals surface area contributed by atoms with Crippen molar-refractivity contribution in [3.63, 3.8) is 0 Å². The highest BCUT2D eigenvalue weighted by Crippen LogP contribution is 2.38. The number of methoxy groups -OCH3 is 1. The molecule has 8 heteroatoms. The molecular formula is C27H25ClN2O5. The maximum atomic E-state index is 13.4. The van der Waals surface area contributed by atoms with E-state index >= 15 is 0 Å². The highest BCUT2D eigenvalue weighted by Gasteiger charge is 2.41. The topological polar surface area (TPSA) is 77.1 Å². The maximum absolute atomic E-state index is 13.4. The molecule has 3 aromatic rings. The average Bonchev–Trinajstić information content (AvgIpc) is 3.54. The summed E-state index contributed by atoms with van der Waals surface area (Å²) < 4.78 is 16.4. The molecule has 0 radical (unpaired) electrons. The summed E-state index contributed by atoms with van der Waals surface area (Å²) in [6, 6.07) is 20.1. The zero-order chi connectivity index (χ0) is 24.4. The minimum atomic E-state index is -0.441. The molecule has 2 amide bonds. The molecule has 0 unspecified atom stereocenters. The van der Waals surface area contributed by atoms with Crippen LogP contribution < -0.4 is 19.5 Å². The summed E-state index contributed by atoms with van der Waals surface area (Å²) in [6.45, 7) is 1.23. The smallest absolute Gasteiger partial charge is 0.253 e. The predicted octanol–water partition coefficient (Wildman–Crippen LogP) is 4.25. The zero-order valence-electron chi connectivity index (χ0n) is 19.2. The van der Waals surface area contributed by atoms with Gasteiger partial charge in [0.1, 0.15) is 5.75 Å². The lowest BCUT2D eigenvalue weighted by Gasteiger charge is -2.20. The Labute approximate surface area is 208 Å². The van der Waals surface area contributed by atoms with Gasteiger partial charge in [-0.05, 0) is 47.5 Å². The minimum Gasteiger partial charge on any atom is -0.496 e. The quantitative estimate of drug-likeness (QED) is 0.556. The number of rotatable bonds is 6. The Balaban J connectivity index is 1.37. The summed E-state index contributed by atoms with van der Waals surface area (Å²) in [6.07, 6.45) is 0. The molecule has 2 atom stereocenters. The second-order valence-corrected chi connectivity index (χ2v) is 9.02. The molecule has 1 saturated heterocycles. The fourth-order valence-electron chi connectivity index (χ4n) is 4.70. The Bertz CT molecular complexity index is 1260. The van der Waals surface area contributed by atoms with Crippen molar-refractivity contribution >= 4 is 23.4 Å². The number of benzene rings is 3. The van der Waals surface area contributed by atoms with Gasteiger partial charge in [0, 0.05) is 36.1 Å². The van der Waals surface area contributed by atoms with Gasteiger partial charge in [0.05, 0.1) is 13.0 Å². The molecule has 35 heavy (non-hydrogen) atoms. The van der Waals surface area contributed by atoms with Crippen LogP contribution in [-0.4, -0.2) is 43.7 Å². The molecule has 180 valence electrons. The standard InChI is InChI=1S/C27H25ClN2O5/c1-33-23-8-3-2-7-20(23)21-14-30(27(32)18-5-4-6-19(28)12-18)15-22(21)26(31)29-13-17-9-10-24-25(11-17)35-16-34-24/h2-12,21-22H,13-16H2,1H3,(H,29,31)/t21-,22+/m0/s1. The number of halogens is 1. The van der Waals surface area contributed by atoms with Crippen molar-refractivity contribution in [3.05, 3.63) is 88.4 Å². The van der Waals surface area contributed by atoms with E-state index in [4.69, 9.17) is 25.8 Å². The number of hydrogen-bond donors (Lipinski definition) is 1. The lowest BCUT2D eigenvalue weighted by atomic mass is 9.87. The van der Waals surface area contributed by atoms with Gasteiger partial charge in [-0.1, -0.05) is 41.9 Å². The van der Waals surface area contributed by atoms with Crippen LogP contribution in [0, 0.1) is 5.92 Å². The van der Waals surface area contributed by atoms with E-state index in [1.807, 2.05) is 42.5 Å². The molecule has 5 rings (SSSR count). The van der Waals surface area contributed by atoms with Gasteiger partial charge >= 0.3 is 0 Å². The number of fused-ring (bicyclic) bond motifs is 1. The van der Waals surface area contributed by atoms with Crippen LogP contribution in [-0.2, 0) is 11.3 Å². The lowest BCUT2D eigenvalue weighted by Crippen LogP contribution is -2.35. The molecule has 0 aromatic heterocycles. The number of likely N-dealkylation sites (tertiary alicyclic amines) is 1. The van der Waals surface area contributed by atoms with Crippen LogP contribution in [0.15, 0.2) is 66.7 Å². The number of amides is 2. The molecule has 1 N–H and O–H groups in total. The van der Waals surface area contributed by atoms with Gasteiger partial charge in [-0.25, -0.2) is 0 Å².